The topological polar surface area (TPSA) is 0 Å². The molecule has 0 saturated heterocycles. The Morgan fingerprint density at radius 2 is 1.93 bits per heavy atom. The highest BCUT2D eigenvalue weighted by molar-refractivity contribution is 9.10. The van der Waals surface area contributed by atoms with Crippen molar-refractivity contribution in [1.82, 2.24) is 0 Å². The fraction of sp³-hybridized carbons (Fsp3) is 0.167. The molecule has 1 unspecified atom stereocenters. The molecule has 1 aromatic heterocycles. The molecular weight excluding hydrogens is 287 g/mol. The summed E-state index contributed by atoms with van der Waals surface area (Å²) in [5.41, 5.74) is 2.62. The van der Waals surface area contributed by atoms with Gasteiger partial charge >= 0.3 is 0 Å². The number of hydrogen-bond donors (Lipinski definition) is 0. The van der Waals surface area contributed by atoms with Crippen molar-refractivity contribution < 1.29 is 0 Å². The van der Waals surface area contributed by atoms with E-state index in [1.165, 1.54) is 30.7 Å². The molecule has 3 heteroatoms. The Hall–Kier alpha value is -0.170. The lowest BCUT2D eigenvalue weighted by Crippen LogP contribution is -1.89. The molecule has 0 aliphatic rings. The van der Waals surface area contributed by atoms with Gasteiger partial charge in [-0.2, -0.15) is 0 Å². The van der Waals surface area contributed by atoms with E-state index in [0.29, 0.717) is 0 Å². The Balaban J connectivity index is 2.63. The summed E-state index contributed by atoms with van der Waals surface area (Å²) in [6.07, 6.45) is 0. The van der Waals surface area contributed by atoms with Gasteiger partial charge in [0.25, 0.3) is 0 Å². The number of rotatable bonds is 1. The first kappa shape index (κ1) is 11.3. The Morgan fingerprint density at radius 3 is 2.47 bits per heavy atom. The van der Waals surface area contributed by atoms with Gasteiger partial charge in [-0.15, -0.1) is 20.6 Å². The Labute approximate surface area is 105 Å². The SMILES string of the molecule is Cc1sc(C)c(-c2cccc(P)c2)c1Br. The van der Waals surface area contributed by atoms with E-state index in [1.807, 2.05) is 11.3 Å². The normalized spacial score (nSPS) is 10.7. The van der Waals surface area contributed by atoms with Crippen molar-refractivity contribution in [2.75, 3.05) is 0 Å². The second-order valence-corrected chi connectivity index (χ2v) is 6.42. The van der Waals surface area contributed by atoms with Crippen LogP contribution in [0.4, 0.5) is 0 Å². The zero-order chi connectivity index (χ0) is 11.0. The van der Waals surface area contributed by atoms with Crippen LogP contribution in [0, 0.1) is 13.8 Å². The van der Waals surface area contributed by atoms with Crippen molar-refractivity contribution in [2.24, 2.45) is 0 Å². The van der Waals surface area contributed by atoms with E-state index in [0.717, 1.165) is 0 Å². The van der Waals surface area contributed by atoms with Gasteiger partial charge in [0.1, 0.15) is 0 Å². The molecule has 0 spiro atoms. The van der Waals surface area contributed by atoms with Crippen LogP contribution < -0.4 is 5.30 Å². The smallest absolute Gasteiger partial charge is 0.0392 e. The molecule has 0 saturated carbocycles. The molecule has 1 aromatic carbocycles. The second-order valence-electron chi connectivity index (χ2n) is 3.53. The van der Waals surface area contributed by atoms with Crippen LogP contribution in [-0.2, 0) is 0 Å². The predicted octanol–water partition coefficient (Wildman–Crippen LogP) is 4.29. The van der Waals surface area contributed by atoms with Crippen LogP contribution >= 0.6 is 36.5 Å². The number of halogens is 1. The lowest BCUT2D eigenvalue weighted by molar-refractivity contribution is 1.54. The molecule has 78 valence electrons. The summed E-state index contributed by atoms with van der Waals surface area (Å²) in [6.45, 7) is 4.32. The maximum atomic E-state index is 3.67. The highest BCUT2D eigenvalue weighted by Gasteiger charge is 2.12. The van der Waals surface area contributed by atoms with Gasteiger partial charge in [-0.3, -0.25) is 0 Å². The minimum Gasteiger partial charge on any atom is -0.144 e. The highest BCUT2D eigenvalue weighted by atomic mass is 79.9. The summed E-state index contributed by atoms with van der Waals surface area (Å²) in [6, 6.07) is 8.55. The van der Waals surface area contributed by atoms with E-state index in [-0.39, 0.29) is 0 Å². The van der Waals surface area contributed by atoms with Crippen LogP contribution in [0.25, 0.3) is 11.1 Å². The van der Waals surface area contributed by atoms with E-state index in [2.05, 4.69) is 63.3 Å². The molecule has 2 rings (SSSR count). The van der Waals surface area contributed by atoms with E-state index >= 15 is 0 Å². The van der Waals surface area contributed by atoms with Crippen LogP contribution in [0.15, 0.2) is 28.7 Å². The zero-order valence-electron chi connectivity index (χ0n) is 8.67. The van der Waals surface area contributed by atoms with Crippen molar-refractivity contribution in [3.05, 3.63) is 38.5 Å². The highest BCUT2D eigenvalue weighted by Crippen LogP contribution is 2.39. The summed E-state index contributed by atoms with van der Waals surface area (Å²) in [4.78, 5) is 2.71. The lowest BCUT2D eigenvalue weighted by Gasteiger charge is -2.03. The molecule has 1 atom stereocenters. The van der Waals surface area contributed by atoms with Crippen molar-refractivity contribution in [3.63, 3.8) is 0 Å². The first-order valence-electron chi connectivity index (χ1n) is 4.71. The first-order valence-corrected chi connectivity index (χ1v) is 6.89. The molecule has 0 aliphatic carbocycles. The molecule has 15 heavy (non-hydrogen) atoms. The molecule has 0 radical (unpaired) electrons. The summed E-state index contributed by atoms with van der Waals surface area (Å²) in [5.74, 6) is 0. The van der Waals surface area contributed by atoms with E-state index in [9.17, 15) is 0 Å². The first-order chi connectivity index (χ1) is 7.09. The molecule has 0 aliphatic heterocycles. The van der Waals surface area contributed by atoms with Crippen LogP contribution in [0.5, 0.6) is 0 Å². The van der Waals surface area contributed by atoms with Crippen molar-refractivity contribution in [1.29, 1.82) is 0 Å². The van der Waals surface area contributed by atoms with Crippen molar-refractivity contribution >= 4 is 41.8 Å². The van der Waals surface area contributed by atoms with E-state index in [1.54, 1.807) is 0 Å². The number of benzene rings is 1. The fourth-order valence-electron chi connectivity index (χ4n) is 1.68. The fourth-order valence-corrected chi connectivity index (χ4v) is 3.84. The average Bonchev–Trinajstić information content (AvgIpc) is 2.41. The molecule has 2 aromatic rings. The van der Waals surface area contributed by atoms with Gasteiger partial charge in [-0.05, 0) is 46.7 Å². The van der Waals surface area contributed by atoms with Gasteiger partial charge in [0.2, 0.25) is 0 Å². The van der Waals surface area contributed by atoms with Gasteiger partial charge in [-0.1, -0.05) is 18.2 Å². The quantitative estimate of drug-likeness (QED) is 0.689. The number of hydrogen-bond acceptors (Lipinski definition) is 1. The summed E-state index contributed by atoms with van der Waals surface area (Å²) in [7, 11) is 2.74. The van der Waals surface area contributed by atoms with Crippen molar-refractivity contribution in [2.45, 2.75) is 13.8 Å². The number of thiophene rings is 1. The minimum atomic E-state index is 1.22. The molecule has 0 nitrogen and oxygen atoms in total. The van der Waals surface area contributed by atoms with Gasteiger partial charge in [0, 0.05) is 19.8 Å². The maximum Gasteiger partial charge on any atom is 0.0392 e. The van der Waals surface area contributed by atoms with Crippen LogP contribution in [0.2, 0.25) is 0 Å². The molecule has 1 heterocycles. The summed E-state index contributed by atoms with van der Waals surface area (Å²) >= 11 is 5.51. The van der Waals surface area contributed by atoms with E-state index in [4.69, 9.17) is 0 Å². The summed E-state index contributed by atoms with van der Waals surface area (Å²) in [5, 5.41) is 1.22. The molecule has 0 fully saturated rings. The Kier molecular flexibility index (Phi) is 3.30. The van der Waals surface area contributed by atoms with Crippen LogP contribution in [-0.4, -0.2) is 0 Å². The minimum absolute atomic E-state index is 1.22. The zero-order valence-corrected chi connectivity index (χ0v) is 12.2. The molecular formula is C12H12BrPS. The summed E-state index contributed by atoms with van der Waals surface area (Å²) < 4.78 is 1.24. The van der Waals surface area contributed by atoms with Gasteiger partial charge in [0.05, 0.1) is 0 Å². The van der Waals surface area contributed by atoms with Crippen LogP contribution in [0.1, 0.15) is 9.75 Å². The Morgan fingerprint density at radius 1 is 1.20 bits per heavy atom. The third-order valence-corrected chi connectivity index (χ3v) is 5.00. The Bertz CT molecular complexity index is 502. The third kappa shape index (κ3) is 2.18. The second kappa shape index (κ2) is 4.37. The molecule has 0 bridgehead atoms. The predicted molar refractivity (Wildman–Crippen MR) is 76.3 cm³/mol. The average molecular weight is 299 g/mol. The van der Waals surface area contributed by atoms with Gasteiger partial charge < -0.3 is 0 Å². The van der Waals surface area contributed by atoms with Crippen LogP contribution in [0.3, 0.4) is 0 Å². The molecule has 0 amide bonds. The number of aryl methyl sites for hydroxylation is 2. The van der Waals surface area contributed by atoms with Crippen molar-refractivity contribution in [3.8, 4) is 11.1 Å². The largest absolute Gasteiger partial charge is 0.144 e. The van der Waals surface area contributed by atoms with Gasteiger partial charge in [-0.25, -0.2) is 0 Å². The molecule has 0 N–H and O–H groups in total. The monoisotopic (exact) mass is 298 g/mol. The standard InChI is InChI=1S/C12H12BrPS/c1-7-11(12(13)8(2)15-7)9-4-3-5-10(14)6-9/h3-6H,14H2,1-2H3. The van der Waals surface area contributed by atoms with E-state index < -0.39 is 0 Å². The third-order valence-electron chi connectivity index (χ3n) is 2.36. The maximum absolute atomic E-state index is 3.67. The van der Waals surface area contributed by atoms with Gasteiger partial charge in [0.15, 0.2) is 0 Å². The lowest BCUT2D eigenvalue weighted by atomic mass is 10.1.